The van der Waals surface area contributed by atoms with Gasteiger partial charge in [-0.15, -0.1) is 0 Å². The molecule has 0 spiro atoms. The van der Waals surface area contributed by atoms with Gasteiger partial charge in [0.05, 0.1) is 18.9 Å². The lowest BCUT2D eigenvalue weighted by Crippen LogP contribution is -2.35. The van der Waals surface area contributed by atoms with Gasteiger partial charge in [0.1, 0.15) is 5.52 Å². The number of phenolic OH excluding ortho intramolecular Hbond substituents is 1. The monoisotopic (exact) mass is 259 g/mol. The summed E-state index contributed by atoms with van der Waals surface area (Å²) < 4.78 is 5.35. The Morgan fingerprint density at radius 2 is 2.16 bits per heavy atom. The molecular weight excluding hydrogens is 242 g/mol. The average molecular weight is 259 g/mol. The summed E-state index contributed by atoms with van der Waals surface area (Å²) in [5, 5.41) is 10.9. The topological polar surface area (TPSA) is 71.6 Å². The summed E-state index contributed by atoms with van der Waals surface area (Å²) in [6, 6.07) is 5.69. The predicted octanol–water partition coefficient (Wildman–Crippen LogP) is 1.35. The number of pyridine rings is 1. The maximum Gasteiger partial charge on any atom is 0.165 e. The average Bonchev–Trinajstić information content (AvgIpc) is 2.46. The first-order valence-corrected chi connectivity index (χ1v) is 6.41. The van der Waals surface area contributed by atoms with Gasteiger partial charge in [-0.05, 0) is 17.7 Å². The van der Waals surface area contributed by atoms with E-state index in [0.29, 0.717) is 11.2 Å². The highest BCUT2D eigenvalue weighted by Gasteiger charge is 2.15. The molecule has 0 aliphatic carbocycles. The number of benzene rings is 1. The summed E-state index contributed by atoms with van der Waals surface area (Å²) in [5.41, 5.74) is 7.91. The van der Waals surface area contributed by atoms with Crippen molar-refractivity contribution in [2.75, 3.05) is 32.0 Å². The van der Waals surface area contributed by atoms with Crippen molar-refractivity contribution in [1.29, 1.82) is 0 Å². The molecule has 100 valence electrons. The van der Waals surface area contributed by atoms with Gasteiger partial charge >= 0.3 is 0 Å². The Morgan fingerprint density at radius 1 is 1.37 bits per heavy atom. The van der Waals surface area contributed by atoms with Crippen LogP contribution in [0.5, 0.6) is 5.75 Å². The Labute approximate surface area is 111 Å². The second-order valence-electron chi connectivity index (χ2n) is 4.76. The number of anilines is 1. The first kappa shape index (κ1) is 12.2. The molecule has 1 fully saturated rings. The zero-order valence-electron chi connectivity index (χ0n) is 10.7. The molecule has 2 aromatic rings. The van der Waals surface area contributed by atoms with Crippen molar-refractivity contribution in [1.82, 2.24) is 9.88 Å². The van der Waals surface area contributed by atoms with Crippen LogP contribution in [-0.2, 0) is 11.3 Å². The highest BCUT2D eigenvalue weighted by Crippen LogP contribution is 2.32. The van der Waals surface area contributed by atoms with Crippen molar-refractivity contribution >= 4 is 16.6 Å². The lowest BCUT2D eigenvalue weighted by Gasteiger charge is -2.27. The second kappa shape index (κ2) is 5.03. The predicted molar refractivity (Wildman–Crippen MR) is 73.9 cm³/mol. The number of morpholine rings is 1. The molecule has 1 aliphatic rings. The number of hydrogen-bond donors (Lipinski definition) is 2. The van der Waals surface area contributed by atoms with Gasteiger partial charge in [-0.3, -0.25) is 9.88 Å². The fraction of sp³-hybridized carbons (Fsp3) is 0.357. The molecule has 0 saturated carbocycles. The highest BCUT2D eigenvalue weighted by atomic mass is 16.5. The van der Waals surface area contributed by atoms with Gasteiger partial charge in [0.15, 0.2) is 5.75 Å². The Hall–Kier alpha value is -1.85. The van der Waals surface area contributed by atoms with Crippen LogP contribution in [0.2, 0.25) is 0 Å². The summed E-state index contributed by atoms with van der Waals surface area (Å²) in [7, 11) is 0. The third kappa shape index (κ3) is 2.34. The highest BCUT2D eigenvalue weighted by molar-refractivity contribution is 5.91. The first-order chi connectivity index (χ1) is 9.25. The molecule has 0 atom stereocenters. The molecule has 5 heteroatoms. The summed E-state index contributed by atoms with van der Waals surface area (Å²) in [6.07, 6.45) is 1.67. The number of aromatic hydroxyl groups is 1. The van der Waals surface area contributed by atoms with Crippen LogP contribution in [0, 0.1) is 0 Å². The van der Waals surface area contributed by atoms with E-state index in [0.717, 1.165) is 43.8 Å². The van der Waals surface area contributed by atoms with Crippen LogP contribution in [0.4, 0.5) is 5.69 Å². The van der Waals surface area contributed by atoms with Crippen LogP contribution in [0.1, 0.15) is 5.56 Å². The smallest absolute Gasteiger partial charge is 0.165 e. The first-order valence-electron chi connectivity index (χ1n) is 6.41. The van der Waals surface area contributed by atoms with Gasteiger partial charge in [0, 0.05) is 31.2 Å². The molecule has 0 bridgehead atoms. The van der Waals surface area contributed by atoms with E-state index in [1.165, 1.54) is 0 Å². The van der Waals surface area contributed by atoms with E-state index in [4.69, 9.17) is 10.5 Å². The molecule has 3 N–H and O–H groups in total. The van der Waals surface area contributed by atoms with E-state index < -0.39 is 0 Å². The summed E-state index contributed by atoms with van der Waals surface area (Å²) in [5.74, 6) is 0.0707. The van der Waals surface area contributed by atoms with Crippen LogP contribution in [0.3, 0.4) is 0 Å². The third-order valence-corrected chi connectivity index (χ3v) is 3.48. The van der Waals surface area contributed by atoms with Gasteiger partial charge in [-0.2, -0.15) is 0 Å². The van der Waals surface area contributed by atoms with Gasteiger partial charge < -0.3 is 15.6 Å². The maximum atomic E-state index is 9.97. The van der Waals surface area contributed by atoms with Gasteiger partial charge in [-0.25, -0.2) is 0 Å². The number of nitrogen functional groups attached to an aromatic ring is 1. The van der Waals surface area contributed by atoms with Crippen LogP contribution in [-0.4, -0.2) is 41.3 Å². The van der Waals surface area contributed by atoms with Crippen molar-refractivity contribution in [2.45, 2.75) is 6.54 Å². The second-order valence-corrected chi connectivity index (χ2v) is 4.76. The molecule has 1 saturated heterocycles. The van der Waals surface area contributed by atoms with Crippen LogP contribution < -0.4 is 5.73 Å². The minimum absolute atomic E-state index is 0.0707. The van der Waals surface area contributed by atoms with E-state index in [-0.39, 0.29) is 5.75 Å². The maximum absolute atomic E-state index is 9.97. The van der Waals surface area contributed by atoms with Crippen molar-refractivity contribution in [2.24, 2.45) is 0 Å². The molecule has 2 heterocycles. The molecule has 1 aromatic heterocycles. The Morgan fingerprint density at radius 3 is 2.95 bits per heavy atom. The molecule has 0 amide bonds. The molecule has 5 nitrogen and oxygen atoms in total. The van der Waals surface area contributed by atoms with Crippen LogP contribution >= 0.6 is 0 Å². The van der Waals surface area contributed by atoms with Gasteiger partial charge in [0.25, 0.3) is 0 Å². The normalized spacial score (nSPS) is 16.8. The lowest BCUT2D eigenvalue weighted by atomic mass is 10.1. The third-order valence-electron chi connectivity index (χ3n) is 3.48. The Balaban J connectivity index is 2.00. The van der Waals surface area contributed by atoms with E-state index >= 15 is 0 Å². The zero-order valence-corrected chi connectivity index (χ0v) is 10.7. The molecular formula is C14H17N3O2. The van der Waals surface area contributed by atoms with Gasteiger partial charge in [0.2, 0.25) is 0 Å². The minimum Gasteiger partial charge on any atom is -0.504 e. The van der Waals surface area contributed by atoms with E-state index in [1.54, 1.807) is 6.20 Å². The zero-order chi connectivity index (χ0) is 13.2. The van der Waals surface area contributed by atoms with E-state index in [9.17, 15) is 5.11 Å². The Bertz CT molecular complexity index is 595. The molecule has 3 rings (SSSR count). The van der Waals surface area contributed by atoms with Crippen molar-refractivity contribution < 1.29 is 9.84 Å². The number of fused-ring (bicyclic) bond motifs is 1. The molecule has 0 unspecified atom stereocenters. The number of phenols is 1. The van der Waals surface area contributed by atoms with Crippen molar-refractivity contribution in [3.8, 4) is 5.75 Å². The summed E-state index contributed by atoms with van der Waals surface area (Å²) >= 11 is 0. The summed E-state index contributed by atoms with van der Waals surface area (Å²) in [6.45, 7) is 4.18. The molecule has 1 aliphatic heterocycles. The van der Waals surface area contributed by atoms with Crippen LogP contribution in [0.25, 0.3) is 10.9 Å². The fourth-order valence-corrected chi connectivity index (χ4v) is 2.45. The summed E-state index contributed by atoms with van der Waals surface area (Å²) in [4.78, 5) is 6.54. The number of nitrogens with two attached hydrogens (primary N) is 1. The Kier molecular flexibility index (Phi) is 3.23. The van der Waals surface area contributed by atoms with Crippen molar-refractivity contribution in [3.05, 3.63) is 30.0 Å². The van der Waals surface area contributed by atoms with Crippen molar-refractivity contribution in [3.63, 3.8) is 0 Å². The number of nitrogens with zero attached hydrogens (tertiary/aromatic N) is 2. The largest absolute Gasteiger partial charge is 0.504 e. The molecule has 0 radical (unpaired) electrons. The van der Waals surface area contributed by atoms with Gasteiger partial charge in [-0.1, -0.05) is 6.07 Å². The quantitative estimate of drug-likeness (QED) is 0.629. The van der Waals surface area contributed by atoms with E-state index in [1.807, 2.05) is 18.2 Å². The standard InChI is InChI=1S/C14H17N3O2/c15-12-8-10(9-17-4-6-19-7-5-17)11-2-1-3-16-13(11)14(12)18/h1-3,8,18H,4-7,9,15H2. The number of hydrogen-bond acceptors (Lipinski definition) is 5. The minimum atomic E-state index is 0.0707. The molecule has 19 heavy (non-hydrogen) atoms. The number of ether oxygens (including phenoxy) is 1. The van der Waals surface area contributed by atoms with Crippen LogP contribution in [0.15, 0.2) is 24.4 Å². The number of rotatable bonds is 2. The SMILES string of the molecule is Nc1cc(CN2CCOCC2)c2cccnc2c1O. The fourth-order valence-electron chi connectivity index (χ4n) is 2.45. The molecule has 1 aromatic carbocycles. The van der Waals surface area contributed by atoms with E-state index in [2.05, 4.69) is 9.88 Å². The number of aromatic nitrogens is 1. The lowest BCUT2D eigenvalue weighted by molar-refractivity contribution is 0.0344.